The third-order valence-corrected chi connectivity index (χ3v) is 11.3. The van der Waals surface area contributed by atoms with Crippen LogP contribution in [-0.4, -0.2) is 19.5 Å². The standard InChI is InChI=1S/C47H28N4S/c1-2-13-30(14-3-1)45-48-46(34-23-22-29-12-4-5-15-31(29)26-34)50-47(49-45)37-24-25-42-43(36-19-9-11-21-41(36)52-42)44(37)51-39-20-10-8-18-35(39)38-27-32-16-6-7-17-33(32)28-40(38)51/h1-28H. The third-order valence-electron chi connectivity index (χ3n) is 10.2. The van der Waals surface area contributed by atoms with Crippen molar-refractivity contribution in [1.29, 1.82) is 0 Å². The molecular formula is C47H28N4S. The van der Waals surface area contributed by atoms with Crippen LogP contribution >= 0.6 is 11.3 Å². The zero-order valence-corrected chi connectivity index (χ0v) is 28.7. The Morgan fingerprint density at radius 1 is 0.385 bits per heavy atom. The maximum Gasteiger partial charge on any atom is 0.166 e. The molecule has 0 saturated heterocycles. The number of rotatable bonds is 4. The van der Waals surface area contributed by atoms with Gasteiger partial charge in [0, 0.05) is 47.6 Å². The Bertz CT molecular complexity index is 3190. The molecule has 3 aromatic heterocycles. The highest BCUT2D eigenvalue weighted by molar-refractivity contribution is 7.25. The van der Waals surface area contributed by atoms with E-state index in [1.807, 2.05) is 29.5 Å². The van der Waals surface area contributed by atoms with Gasteiger partial charge in [0.1, 0.15) is 0 Å². The molecule has 11 aromatic rings. The zero-order chi connectivity index (χ0) is 34.2. The number of thiophene rings is 1. The van der Waals surface area contributed by atoms with Crippen molar-refractivity contribution in [2.24, 2.45) is 0 Å². The van der Waals surface area contributed by atoms with Crippen LogP contribution in [-0.2, 0) is 0 Å². The largest absolute Gasteiger partial charge is 0.308 e. The number of hydrogen-bond acceptors (Lipinski definition) is 4. The van der Waals surface area contributed by atoms with E-state index in [1.165, 1.54) is 47.1 Å². The lowest BCUT2D eigenvalue weighted by atomic mass is 10.0. The number of benzene rings is 8. The number of fused-ring (bicyclic) bond motifs is 8. The van der Waals surface area contributed by atoms with Gasteiger partial charge >= 0.3 is 0 Å². The van der Waals surface area contributed by atoms with E-state index in [9.17, 15) is 0 Å². The van der Waals surface area contributed by atoms with Crippen molar-refractivity contribution in [2.75, 3.05) is 0 Å². The maximum atomic E-state index is 5.33. The van der Waals surface area contributed by atoms with Gasteiger partial charge in [0.15, 0.2) is 17.5 Å². The van der Waals surface area contributed by atoms with Gasteiger partial charge in [-0.1, -0.05) is 127 Å². The lowest BCUT2D eigenvalue weighted by molar-refractivity contribution is 1.07. The van der Waals surface area contributed by atoms with Crippen molar-refractivity contribution in [3.8, 4) is 39.9 Å². The lowest BCUT2D eigenvalue weighted by Gasteiger charge is -2.17. The molecule has 0 spiro atoms. The zero-order valence-electron chi connectivity index (χ0n) is 27.9. The van der Waals surface area contributed by atoms with E-state index < -0.39 is 0 Å². The van der Waals surface area contributed by atoms with Crippen molar-refractivity contribution in [3.63, 3.8) is 0 Å². The van der Waals surface area contributed by atoms with E-state index in [2.05, 4.69) is 156 Å². The molecule has 0 N–H and O–H groups in total. The minimum Gasteiger partial charge on any atom is -0.308 e. The first-order valence-corrected chi connectivity index (χ1v) is 18.3. The fourth-order valence-corrected chi connectivity index (χ4v) is 8.89. The molecule has 0 bridgehead atoms. The second-order valence-electron chi connectivity index (χ2n) is 13.2. The van der Waals surface area contributed by atoms with Gasteiger partial charge in [0.2, 0.25) is 0 Å². The molecule has 52 heavy (non-hydrogen) atoms. The van der Waals surface area contributed by atoms with Gasteiger partial charge in [-0.3, -0.25) is 0 Å². The molecular weight excluding hydrogens is 653 g/mol. The molecule has 0 aliphatic carbocycles. The predicted octanol–water partition coefficient (Wildman–Crippen LogP) is 12.6. The van der Waals surface area contributed by atoms with Crippen molar-refractivity contribution < 1.29 is 0 Å². The normalized spacial score (nSPS) is 11.8. The highest BCUT2D eigenvalue weighted by Gasteiger charge is 2.24. The van der Waals surface area contributed by atoms with E-state index in [0.717, 1.165) is 38.8 Å². The average molecular weight is 681 g/mol. The van der Waals surface area contributed by atoms with Gasteiger partial charge in [0.05, 0.1) is 16.7 Å². The van der Waals surface area contributed by atoms with Crippen LogP contribution in [0.3, 0.4) is 0 Å². The van der Waals surface area contributed by atoms with E-state index >= 15 is 0 Å². The summed E-state index contributed by atoms with van der Waals surface area (Å²) < 4.78 is 4.92. The van der Waals surface area contributed by atoms with Crippen LogP contribution in [0.2, 0.25) is 0 Å². The van der Waals surface area contributed by atoms with Crippen LogP contribution < -0.4 is 0 Å². The number of para-hydroxylation sites is 1. The molecule has 5 heteroatoms. The van der Waals surface area contributed by atoms with Gasteiger partial charge in [0.25, 0.3) is 0 Å². The smallest absolute Gasteiger partial charge is 0.166 e. The Kier molecular flexibility index (Phi) is 6.39. The van der Waals surface area contributed by atoms with Crippen LogP contribution in [0.1, 0.15) is 0 Å². The summed E-state index contributed by atoms with van der Waals surface area (Å²) in [5.74, 6) is 1.92. The molecule has 3 heterocycles. The van der Waals surface area contributed by atoms with Crippen LogP contribution in [0, 0.1) is 0 Å². The summed E-state index contributed by atoms with van der Waals surface area (Å²) in [6.45, 7) is 0. The molecule has 0 unspecified atom stereocenters. The summed E-state index contributed by atoms with van der Waals surface area (Å²) in [5.41, 5.74) is 6.21. The van der Waals surface area contributed by atoms with Gasteiger partial charge in [-0.15, -0.1) is 11.3 Å². The average Bonchev–Trinajstić information content (AvgIpc) is 3.75. The molecule has 0 aliphatic heterocycles. The SMILES string of the molecule is c1ccc(-c2nc(-c3ccc4ccccc4c3)nc(-c3ccc4sc5ccccc5c4c3-n3c4ccccc4c4cc5ccccc5cc43)n2)cc1. The Morgan fingerprint density at radius 2 is 1.02 bits per heavy atom. The first kappa shape index (κ1) is 29.1. The summed E-state index contributed by atoms with van der Waals surface area (Å²) in [6, 6.07) is 60.3. The van der Waals surface area contributed by atoms with Crippen molar-refractivity contribution in [3.05, 3.63) is 170 Å². The molecule has 0 atom stereocenters. The van der Waals surface area contributed by atoms with Crippen LogP contribution in [0.5, 0.6) is 0 Å². The summed E-state index contributed by atoms with van der Waals surface area (Å²) in [5, 5.41) is 9.60. The Balaban J connectivity index is 1.28. The van der Waals surface area contributed by atoms with Crippen LogP contribution in [0.4, 0.5) is 0 Å². The van der Waals surface area contributed by atoms with Gasteiger partial charge in [-0.2, -0.15) is 0 Å². The molecule has 0 fully saturated rings. The van der Waals surface area contributed by atoms with E-state index in [0.29, 0.717) is 17.5 Å². The van der Waals surface area contributed by atoms with Crippen molar-refractivity contribution in [1.82, 2.24) is 19.5 Å². The topological polar surface area (TPSA) is 43.6 Å². The monoisotopic (exact) mass is 680 g/mol. The maximum absolute atomic E-state index is 5.33. The van der Waals surface area contributed by atoms with Crippen molar-refractivity contribution >= 4 is 74.9 Å². The summed E-state index contributed by atoms with van der Waals surface area (Å²) in [4.78, 5) is 15.7. The summed E-state index contributed by atoms with van der Waals surface area (Å²) in [7, 11) is 0. The Hall–Kier alpha value is -6.69. The first-order valence-electron chi connectivity index (χ1n) is 17.4. The molecule has 0 radical (unpaired) electrons. The van der Waals surface area contributed by atoms with E-state index in [4.69, 9.17) is 15.0 Å². The van der Waals surface area contributed by atoms with E-state index in [1.54, 1.807) is 0 Å². The predicted molar refractivity (Wildman–Crippen MR) is 218 cm³/mol. The molecule has 0 saturated carbocycles. The number of nitrogens with zero attached hydrogens (tertiary/aromatic N) is 4. The van der Waals surface area contributed by atoms with E-state index in [-0.39, 0.29) is 0 Å². The summed E-state index contributed by atoms with van der Waals surface area (Å²) >= 11 is 1.82. The molecule has 4 nitrogen and oxygen atoms in total. The molecule has 0 aliphatic rings. The molecule has 242 valence electrons. The second-order valence-corrected chi connectivity index (χ2v) is 14.3. The quantitative estimate of drug-likeness (QED) is 0.186. The number of hydrogen-bond donors (Lipinski definition) is 0. The fourth-order valence-electron chi connectivity index (χ4n) is 7.78. The van der Waals surface area contributed by atoms with Crippen LogP contribution in [0.25, 0.3) is 103 Å². The Labute approximate surface area is 302 Å². The summed E-state index contributed by atoms with van der Waals surface area (Å²) in [6.07, 6.45) is 0. The number of aromatic nitrogens is 4. The third kappa shape index (κ3) is 4.50. The van der Waals surface area contributed by atoms with Gasteiger partial charge < -0.3 is 4.57 Å². The molecule has 8 aromatic carbocycles. The first-order chi connectivity index (χ1) is 25.8. The van der Waals surface area contributed by atoms with Crippen molar-refractivity contribution in [2.45, 2.75) is 0 Å². The fraction of sp³-hybridized carbons (Fsp3) is 0. The Morgan fingerprint density at radius 3 is 1.85 bits per heavy atom. The lowest BCUT2D eigenvalue weighted by Crippen LogP contribution is -2.04. The highest BCUT2D eigenvalue weighted by atomic mass is 32.1. The second kappa shape index (κ2) is 11.4. The van der Waals surface area contributed by atoms with Crippen LogP contribution in [0.15, 0.2) is 170 Å². The van der Waals surface area contributed by atoms with Gasteiger partial charge in [-0.25, -0.2) is 15.0 Å². The minimum atomic E-state index is 0.635. The van der Waals surface area contributed by atoms with Gasteiger partial charge in [-0.05, 0) is 64.0 Å². The minimum absolute atomic E-state index is 0.635. The molecule has 0 amide bonds. The highest BCUT2D eigenvalue weighted by Crippen LogP contribution is 2.45. The molecule has 11 rings (SSSR count).